The van der Waals surface area contributed by atoms with Gasteiger partial charge in [-0.15, -0.1) is 0 Å². The van der Waals surface area contributed by atoms with E-state index in [1.165, 1.54) is 38.3 Å². The molecular formula is C22H19F4NO4. The zero-order valence-corrected chi connectivity index (χ0v) is 16.5. The molecule has 1 aromatic heterocycles. The first kappa shape index (κ1) is 21.2. The number of fused-ring (bicyclic) bond motifs is 2. The van der Waals surface area contributed by atoms with Crippen LogP contribution < -0.4 is 5.32 Å². The Hall–Kier alpha value is -3.07. The Morgan fingerprint density at radius 3 is 2.58 bits per heavy atom. The highest BCUT2D eigenvalue weighted by molar-refractivity contribution is 5.98. The number of aliphatic hydroxyl groups is 1. The molecule has 0 fully saturated rings. The van der Waals surface area contributed by atoms with Crippen LogP contribution in [0.1, 0.15) is 47.8 Å². The first-order chi connectivity index (χ1) is 14.3. The van der Waals surface area contributed by atoms with E-state index in [2.05, 4.69) is 5.32 Å². The number of alkyl halides is 3. The zero-order chi connectivity index (χ0) is 22.8. The van der Waals surface area contributed by atoms with Gasteiger partial charge < -0.3 is 19.9 Å². The van der Waals surface area contributed by atoms with Crippen LogP contribution >= 0.6 is 0 Å². The summed E-state index contributed by atoms with van der Waals surface area (Å²) in [5, 5.41) is 23.9. The van der Waals surface area contributed by atoms with E-state index in [4.69, 9.17) is 4.42 Å². The van der Waals surface area contributed by atoms with Crippen molar-refractivity contribution in [3.05, 3.63) is 65.2 Å². The fourth-order valence-electron chi connectivity index (χ4n) is 4.44. The summed E-state index contributed by atoms with van der Waals surface area (Å²) in [6, 6.07) is 5.81. The molecule has 1 amide bonds. The van der Waals surface area contributed by atoms with Crippen molar-refractivity contribution in [2.75, 3.05) is 0 Å². The molecule has 1 aliphatic carbocycles. The van der Waals surface area contributed by atoms with Gasteiger partial charge in [-0.2, -0.15) is 13.2 Å². The highest BCUT2D eigenvalue weighted by Crippen LogP contribution is 2.55. The van der Waals surface area contributed by atoms with Crippen molar-refractivity contribution in [1.29, 1.82) is 0 Å². The molecule has 0 bridgehead atoms. The van der Waals surface area contributed by atoms with E-state index in [1.54, 1.807) is 6.07 Å². The molecule has 9 heteroatoms. The number of nitrogens with one attached hydrogen (secondary N) is 1. The van der Waals surface area contributed by atoms with Crippen LogP contribution in [0.15, 0.2) is 47.1 Å². The highest BCUT2D eigenvalue weighted by Gasteiger charge is 2.64. The van der Waals surface area contributed by atoms with Crippen LogP contribution in [-0.4, -0.2) is 27.9 Å². The van der Waals surface area contributed by atoms with E-state index in [0.29, 0.717) is 11.0 Å². The number of amides is 1. The number of carbonyl (C=O) groups is 1. The molecule has 2 aromatic carbocycles. The lowest BCUT2D eigenvalue weighted by atomic mass is 9.63. The van der Waals surface area contributed by atoms with E-state index in [-0.39, 0.29) is 16.7 Å². The summed E-state index contributed by atoms with van der Waals surface area (Å²) in [5.74, 6) is -2.67. The van der Waals surface area contributed by atoms with Gasteiger partial charge in [0.2, 0.25) is 0 Å². The van der Waals surface area contributed by atoms with Crippen LogP contribution in [0.4, 0.5) is 17.6 Å². The van der Waals surface area contributed by atoms with Gasteiger partial charge in [-0.3, -0.25) is 4.79 Å². The molecule has 0 aliphatic heterocycles. The summed E-state index contributed by atoms with van der Waals surface area (Å²) in [7, 11) is 0. The molecule has 1 heterocycles. The fourth-order valence-corrected chi connectivity index (χ4v) is 4.44. The van der Waals surface area contributed by atoms with Gasteiger partial charge in [0.1, 0.15) is 5.58 Å². The normalized spacial score (nSPS) is 22.9. The van der Waals surface area contributed by atoms with E-state index in [0.717, 1.165) is 12.1 Å². The van der Waals surface area contributed by atoms with Crippen LogP contribution in [0, 0.1) is 5.82 Å². The highest BCUT2D eigenvalue weighted by atomic mass is 19.4. The predicted molar refractivity (Wildman–Crippen MR) is 103 cm³/mol. The third kappa shape index (κ3) is 3.23. The van der Waals surface area contributed by atoms with E-state index >= 15 is 0 Å². The van der Waals surface area contributed by atoms with Crippen molar-refractivity contribution in [2.45, 2.75) is 43.5 Å². The molecule has 3 N–H and O–H groups in total. The number of aromatic hydroxyl groups is 1. The standard InChI is InChI=1S/C22H19F4NO4/c1-20(2)10-21(30,22(24,25)26)18(13-4-5-14(23)17(28)16(13)20)27-19(29)12-3-6-15-11(9-12)7-8-31-15/h3-9,18,28,30H,10H2,1-2H3,(H,27,29)/t18-,21+/m0/s1. The number of hydrogen-bond acceptors (Lipinski definition) is 4. The minimum atomic E-state index is -5.11. The Morgan fingerprint density at radius 1 is 1.19 bits per heavy atom. The lowest BCUT2D eigenvalue weighted by Crippen LogP contribution is -2.60. The van der Waals surface area contributed by atoms with E-state index < -0.39 is 47.1 Å². The Balaban J connectivity index is 1.84. The summed E-state index contributed by atoms with van der Waals surface area (Å²) in [4.78, 5) is 12.9. The van der Waals surface area contributed by atoms with Gasteiger partial charge in [0.15, 0.2) is 17.2 Å². The molecule has 0 radical (unpaired) electrons. The molecule has 0 saturated carbocycles. The summed E-state index contributed by atoms with van der Waals surface area (Å²) in [6.45, 7) is 2.74. The molecule has 31 heavy (non-hydrogen) atoms. The van der Waals surface area contributed by atoms with Crippen molar-refractivity contribution in [3.8, 4) is 5.75 Å². The molecule has 164 valence electrons. The molecule has 5 nitrogen and oxygen atoms in total. The molecule has 0 unspecified atom stereocenters. The lowest BCUT2D eigenvalue weighted by molar-refractivity contribution is -0.280. The monoisotopic (exact) mass is 437 g/mol. The topological polar surface area (TPSA) is 82.7 Å². The van der Waals surface area contributed by atoms with Crippen molar-refractivity contribution in [3.63, 3.8) is 0 Å². The average molecular weight is 437 g/mol. The van der Waals surface area contributed by atoms with E-state index in [9.17, 15) is 32.6 Å². The minimum Gasteiger partial charge on any atom is -0.505 e. The van der Waals surface area contributed by atoms with Gasteiger partial charge in [-0.05, 0) is 47.7 Å². The second-order valence-corrected chi connectivity index (χ2v) is 8.42. The van der Waals surface area contributed by atoms with Gasteiger partial charge >= 0.3 is 6.18 Å². The quantitative estimate of drug-likeness (QED) is 0.507. The van der Waals surface area contributed by atoms with Crippen LogP contribution in [-0.2, 0) is 5.41 Å². The van der Waals surface area contributed by atoms with Crippen LogP contribution in [0.3, 0.4) is 0 Å². The van der Waals surface area contributed by atoms with E-state index in [1.807, 2.05) is 0 Å². The number of rotatable bonds is 2. The number of furan rings is 1. The fraction of sp³-hybridized carbons (Fsp3) is 0.318. The van der Waals surface area contributed by atoms with Gasteiger partial charge in [-0.25, -0.2) is 4.39 Å². The summed E-state index contributed by atoms with van der Waals surface area (Å²) in [6.07, 6.45) is -4.59. The number of halogens is 4. The Kier molecular flexibility index (Phi) is 4.59. The number of phenolic OH excluding ortho intramolecular Hbond substituents is 1. The summed E-state index contributed by atoms with van der Waals surface area (Å²) in [5.41, 5.74) is -4.51. The summed E-state index contributed by atoms with van der Waals surface area (Å²) < 4.78 is 61.4. The number of benzene rings is 2. The number of carbonyl (C=O) groups excluding carboxylic acids is 1. The second kappa shape index (κ2) is 6.71. The SMILES string of the molecule is CC1(C)C[C@](O)(C(F)(F)F)[C@@H](NC(=O)c2ccc3occc3c2)c2ccc(F)c(O)c21. The third-order valence-electron chi connectivity index (χ3n) is 5.82. The van der Waals surface area contributed by atoms with Crippen molar-refractivity contribution in [2.24, 2.45) is 0 Å². The molecule has 4 rings (SSSR count). The molecule has 0 spiro atoms. The van der Waals surface area contributed by atoms with Gasteiger partial charge in [0, 0.05) is 16.5 Å². The molecule has 0 saturated heterocycles. The molecule has 1 aliphatic rings. The average Bonchev–Trinajstić information content (AvgIpc) is 3.13. The molecule has 3 aromatic rings. The van der Waals surface area contributed by atoms with Crippen LogP contribution in [0.2, 0.25) is 0 Å². The maximum Gasteiger partial charge on any atom is 0.419 e. The summed E-state index contributed by atoms with van der Waals surface area (Å²) >= 11 is 0. The predicted octanol–water partition coefficient (Wildman–Crippen LogP) is 4.72. The Labute approximate surface area is 174 Å². The third-order valence-corrected chi connectivity index (χ3v) is 5.82. The smallest absolute Gasteiger partial charge is 0.419 e. The largest absolute Gasteiger partial charge is 0.505 e. The lowest BCUT2D eigenvalue weighted by Gasteiger charge is -2.48. The minimum absolute atomic E-state index is 0.0520. The van der Waals surface area contributed by atoms with Crippen LogP contribution in [0.5, 0.6) is 5.75 Å². The van der Waals surface area contributed by atoms with Crippen molar-refractivity contribution < 1.29 is 37.0 Å². The maximum atomic E-state index is 14.1. The Morgan fingerprint density at radius 2 is 1.90 bits per heavy atom. The zero-order valence-electron chi connectivity index (χ0n) is 16.5. The van der Waals surface area contributed by atoms with Crippen molar-refractivity contribution >= 4 is 16.9 Å². The maximum absolute atomic E-state index is 14.1. The Bertz CT molecular complexity index is 1180. The number of phenols is 1. The first-order valence-electron chi connectivity index (χ1n) is 9.44. The molecular weight excluding hydrogens is 418 g/mol. The second-order valence-electron chi connectivity index (χ2n) is 8.42. The number of hydrogen-bond donors (Lipinski definition) is 3. The van der Waals surface area contributed by atoms with Gasteiger partial charge in [0.05, 0.1) is 12.3 Å². The van der Waals surface area contributed by atoms with Gasteiger partial charge in [0.25, 0.3) is 5.91 Å². The van der Waals surface area contributed by atoms with Gasteiger partial charge in [-0.1, -0.05) is 19.9 Å². The van der Waals surface area contributed by atoms with Crippen molar-refractivity contribution in [1.82, 2.24) is 5.32 Å². The molecule has 2 atom stereocenters. The first-order valence-corrected chi connectivity index (χ1v) is 9.44. The van der Waals surface area contributed by atoms with Crippen LogP contribution in [0.25, 0.3) is 11.0 Å².